The fraction of sp³-hybridized carbons (Fsp3) is 0.115. The van der Waals surface area contributed by atoms with Gasteiger partial charge in [0.15, 0.2) is 11.6 Å². The number of ether oxygens (including phenoxy) is 1. The molecule has 0 radical (unpaired) electrons. The number of esters is 1. The molecule has 4 rings (SSSR count). The minimum absolute atomic E-state index is 0.0105. The summed E-state index contributed by atoms with van der Waals surface area (Å²) in [5.74, 6) is -3.01. The van der Waals surface area contributed by atoms with Crippen molar-refractivity contribution in [1.29, 1.82) is 0 Å². The zero-order valence-corrected chi connectivity index (χ0v) is 18.7. The zero-order chi connectivity index (χ0) is 24.9. The molecule has 2 aromatic heterocycles. The normalized spacial score (nSPS) is 10.7. The Balaban J connectivity index is 1.46. The molecule has 1 amide bonds. The second-order valence-corrected chi connectivity index (χ2v) is 7.78. The number of amides is 1. The van der Waals surface area contributed by atoms with Crippen molar-refractivity contribution in [3.8, 4) is 11.1 Å². The molecule has 9 heteroatoms. The SMILES string of the molecule is COC(=O)c1cc(-c2cccc(CNC(=O)c3cccn(Cc4ccc(F)c(F)c4)c3=O)c2)c[nH]1. The highest BCUT2D eigenvalue weighted by Gasteiger charge is 2.14. The summed E-state index contributed by atoms with van der Waals surface area (Å²) in [6, 6.07) is 15.4. The fourth-order valence-electron chi connectivity index (χ4n) is 3.60. The first-order valence-corrected chi connectivity index (χ1v) is 10.6. The van der Waals surface area contributed by atoms with E-state index < -0.39 is 29.1 Å². The van der Waals surface area contributed by atoms with Crippen LogP contribution in [0.15, 0.2) is 77.9 Å². The summed E-state index contributed by atoms with van der Waals surface area (Å²) in [5, 5.41) is 2.73. The lowest BCUT2D eigenvalue weighted by molar-refractivity contribution is 0.0594. The van der Waals surface area contributed by atoms with Gasteiger partial charge in [-0.15, -0.1) is 0 Å². The smallest absolute Gasteiger partial charge is 0.354 e. The molecule has 4 aromatic rings. The predicted molar refractivity (Wildman–Crippen MR) is 125 cm³/mol. The summed E-state index contributed by atoms with van der Waals surface area (Å²) in [6.45, 7) is 0.155. The molecule has 2 aromatic carbocycles. The van der Waals surface area contributed by atoms with Crippen LogP contribution >= 0.6 is 0 Å². The van der Waals surface area contributed by atoms with E-state index in [0.717, 1.165) is 28.8 Å². The summed E-state index contributed by atoms with van der Waals surface area (Å²) < 4.78 is 32.6. The molecule has 0 aliphatic rings. The van der Waals surface area contributed by atoms with E-state index >= 15 is 0 Å². The van der Waals surface area contributed by atoms with Crippen molar-refractivity contribution in [2.75, 3.05) is 7.11 Å². The third kappa shape index (κ3) is 5.35. The lowest BCUT2D eigenvalue weighted by Crippen LogP contribution is -2.32. The number of hydrogen-bond donors (Lipinski definition) is 2. The number of H-pyrrole nitrogens is 1. The quantitative estimate of drug-likeness (QED) is 0.395. The third-order valence-corrected chi connectivity index (χ3v) is 5.40. The van der Waals surface area contributed by atoms with Gasteiger partial charge in [-0.2, -0.15) is 0 Å². The van der Waals surface area contributed by atoms with Gasteiger partial charge in [0.25, 0.3) is 11.5 Å². The highest BCUT2D eigenvalue weighted by Crippen LogP contribution is 2.22. The predicted octanol–water partition coefficient (Wildman–Crippen LogP) is 3.89. The number of hydrogen-bond acceptors (Lipinski definition) is 4. The van der Waals surface area contributed by atoms with Crippen LogP contribution in [0.25, 0.3) is 11.1 Å². The second-order valence-electron chi connectivity index (χ2n) is 7.78. The highest BCUT2D eigenvalue weighted by molar-refractivity contribution is 5.93. The molecule has 7 nitrogen and oxygen atoms in total. The molecule has 0 aliphatic carbocycles. The highest BCUT2D eigenvalue weighted by atomic mass is 19.2. The van der Waals surface area contributed by atoms with E-state index in [2.05, 4.69) is 10.3 Å². The first-order chi connectivity index (χ1) is 16.9. The number of carbonyl (C=O) groups is 2. The lowest BCUT2D eigenvalue weighted by atomic mass is 10.1. The molecule has 178 valence electrons. The van der Waals surface area contributed by atoms with Crippen molar-refractivity contribution in [2.24, 2.45) is 0 Å². The molecular formula is C26H21F2N3O4. The zero-order valence-electron chi connectivity index (χ0n) is 18.7. The molecule has 0 unspecified atom stereocenters. The topological polar surface area (TPSA) is 93.2 Å². The van der Waals surface area contributed by atoms with E-state index in [1.165, 1.54) is 30.0 Å². The number of nitrogens with zero attached hydrogens (tertiary/aromatic N) is 1. The van der Waals surface area contributed by atoms with Crippen LogP contribution in [0.2, 0.25) is 0 Å². The van der Waals surface area contributed by atoms with Gasteiger partial charge in [0, 0.05) is 24.5 Å². The Morgan fingerprint density at radius 3 is 2.57 bits per heavy atom. The maximum atomic E-state index is 13.5. The van der Waals surface area contributed by atoms with Crippen molar-refractivity contribution in [3.05, 3.63) is 117 Å². The molecule has 0 saturated carbocycles. The second kappa shape index (κ2) is 10.2. The molecule has 2 heterocycles. The summed E-state index contributed by atoms with van der Waals surface area (Å²) >= 11 is 0. The number of benzene rings is 2. The standard InChI is InChI=1S/C26H21F2N3O4/c1-35-26(34)23-12-19(14-29-23)18-5-2-4-16(10-18)13-30-24(32)20-6-3-9-31(25(20)33)15-17-7-8-21(27)22(28)11-17/h2-12,14,29H,13,15H2,1H3,(H,30,32). The van der Waals surface area contributed by atoms with E-state index in [4.69, 9.17) is 4.74 Å². The largest absolute Gasteiger partial charge is 0.464 e. The number of carbonyl (C=O) groups excluding carboxylic acids is 2. The Morgan fingerprint density at radius 2 is 1.80 bits per heavy atom. The molecular weight excluding hydrogens is 456 g/mol. The Labute approximate surface area is 199 Å². The average molecular weight is 477 g/mol. The third-order valence-electron chi connectivity index (χ3n) is 5.40. The molecule has 0 aliphatic heterocycles. The molecule has 2 N–H and O–H groups in total. The summed E-state index contributed by atoms with van der Waals surface area (Å²) in [6.07, 6.45) is 3.16. The van der Waals surface area contributed by atoms with E-state index in [9.17, 15) is 23.2 Å². The Hall–Kier alpha value is -4.53. The number of aromatic nitrogens is 2. The van der Waals surface area contributed by atoms with E-state index in [0.29, 0.717) is 11.3 Å². The number of rotatable bonds is 7. The fourth-order valence-corrected chi connectivity index (χ4v) is 3.60. The molecule has 0 bridgehead atoms. The minimum atomic E-state index is -1.01. The van der Waals surface area contributed by atoms with E-state index in [1.54, 1.807) is 18.3 Å². The van der Waals surface area contributed by atoms with Gasteiger partial charge in [-0.1, -0.05) is 24.3 Å². The van der Waals surface area contributed by atoms with Gasteiger partial charge in [0.05, 0.1) is 13.7 Å². The first kappa shape index (κ1) is 23.6. The summed E-state index contributed by atoms with van der Waals surface area (Å²) in [5.41, 5.74) is 2.49. The maximum Gasteiger partial charge on any atom is 0.354 e. The van der Waals surface area contributed by atoms with Crippen molar-refractivity contribution >= 4 is 11.9 Å². The number of nitrogens with one attached hydrogen (secondary N) is 2. The molecule has 35 heavy (non-hydrogen) atoms. The lowest BCUT2D eigenvalue weighted by Gasteiger charge is -2.10. The van der Waals surface area contributed by atoms with Crippen LogP contribution in [0.3, 0.4) is 0 Å². The Bertz CT molecular complexity index is 1460. The minimum Gasteiger partial charge on any atom is -0.464 e. The van der Waals surface area contributed by atoms with Gasteiger partial charge in [-0.25, -0.2) is 13.6 Å². The Morgan fingerprint density at radius 1 is 0.971 bits per heavy atom. The van der Waals surface area contributed by atoms with Crippen LogP contribution in [-0.4, -0.2) is 28.5 Å². The summed E-state index contributed by atoms with van der Waals surface area (Å²) in [4.78, 5) is 40.0. The number of methoxy groups -OCH3 is 1. The van der Waals surface area contributed by atoms with Crippen molar-refractivity contribution in [3.63, 3.8) is 0 Å². The van der Waals surface area contributed by atoms with Crippen molar-refractivity contribution in [2.45, 2.75) is 13.1 Å². The van der Waals surface area contributed by atoms with Gasteiger partial charge in [0.2, 0.25) is 0 Å². The van der Waals surface area contributed by atoms with Crippen molar-refractivity contribution < 1.29 is 23.1 Å². The number of aromatic amines is 1. The van der Waals surface area contributed by atoms with Crippen LogP contribution < -0.4 is 10.9 Å². The molecule has 0 saturated heterocycles. The van der Waals surface area contributed by atoms with Crippen LogP contribution in [-0.2, 0) is 17.8 Å². The van der Waals surface area contributed by atoms with Gasteiger partial charge in [0.1, 0.15) is 11.3 Å². The monoisotopic (exact) mass is 477 g/mol. The first-order valence-electron chi connectivity index (χ1n) is 10.6. The van der Waals surface area contributed by atoms with Crippen molar-refractivity contribution in [1.82, 2.24) is 14.9 Å². The van der Waals surface area contributed by atoms with E-state index in [-0.39, 0.29) is 18.7 Å². The molecule has 0 fully saturated rings. The average Bonchev–Trinajstić information content (AvgIpc) is 3.36. The van der Waals surface area contributed by atoms with Crippen LogP contribution in [0, 0.1) is 11.6 Å². The van der Waals surface area contributed by atoms with E-state index in [1.807, 2.05) is 24.3 Å². The van der Waals surface area contributed by atoms with Crippen LogP contribution in [0.5, 0.6) is 0 Å². The molecule has 0 spiro atoms. The summed E-state index contributed by atoms with van der Waals surface area (Å²) in [7, 11) is 1.30. The van der Waals surface area contributed by atoms with Gasteiger partial charge in [-0.3, -0.25) is 9.59 Å². The maximum absolute atomic E-state index is 13.5. The number of pyridine rings is 1. The van der Waals surface area contributed by atoms with Gasteiger partial charge < -0.3 is 19.6 Å². The Kier molecular flexibility index (Phi) is 6.86. The van der Waals surface area contributed by atoms with Gasteiger partial charge >= 0.3 is 5.97 Å². The molecule has 0 atom stereocenters. The van der Waals surface area contributed by atoms with Gasteiger partial charge in [-0.05, 0) is 53.1 Å². The van der Waals surface area contributed by atoms with Crippen LogP contribution in [0.4, 0.5) is 8.78 Å². The van der Waals surface area contributed by atoms with Crippen LogP contribution in [0.1, 0.15) is 32.0 Å². The number of halogens is 2.